The monoisotopic (exact) mass is 448 g/mol. The molecule has 0 aromatic heterocycles. The van der Waals surface area contributed by atoms with Crippen LogP contribution in [-0.2, 0) is 11.2 Å². The number of rotatable bonds is 4. The van der Waals surface area contributed by atoms with E-state index < -0.39 is 5.92 Å². The van der Waals surface area contributed by atoms with Gasteiger partial charge in [-0.3, -0.25) is 9.59 Å². The molecule has 6 heteroatoms. The van der Waals surface area contributed by atoms with E-state index in [0.717, 1.165) is 48.8 Å². The summed E-state index contributed by atoms with van der Waals surface area (Å²) in [6.07, 6.45) is 7.54. The van der Waals surface area contributed by atoms with Crippen LogP contribution in [0.25, 0.3) is 0 Å². The molecule has 1 saturated carbocycles. The van der Waals surface area contributed by atoms with Gasteiger partial charge in [0, 0.05) is 18.2 Å². The molecule has 5 rings (SSSR count). The smallest absolute Gasteiger partial charge is 0.254 e. The molecule has 3 aliphatic rings. The first-order valence-electron chi connectivity index (χ1n) is 12.1. The lowest BCUT2D eigenvalue weighted by atomic mass is 9.75. The van der Waals surface area contributed by atoms with E-state index in [9.17, 15) is 9.59 Å². The summed E-state index contributed by atoms with van der Waals surface area (Å²) in [4.78, 5) is 29.2. The van der Waals surface area contributed by atoms with Gasteiger partial charge in [-0.1, -0.05) is 43.9 Å². The van der Waals surface area contributed by atoms with Crippen LogP contribution in [0.15, 0.2) is 36.4 Å². The van der Waals surface area contributed by atoms with E-state index in [1.807, 2.05) is 41.3 Å². The molecule has 2 aromatic carbocycles. The molecule has 0 saturated heterocycles. The predicted octanol–water partition coefficient (Wildman–Crippen LogP) is 4.38. The maximum atomic E-state index is 13.9. The second kappa shape index (κ2) is 9.08. The molecule has 2 aromatic rings. The molecule has 33 heavy (non-hydrogen) atoms. The molecule has 0 bridgehead atoms. The van der Waals surface area contributed by atoms with E-state index in [0.29, 0.717) is 23.6 Å². The summed E-state index contributed by atoms with van der Waals surface area (Å²) in [6.45, 7) is 0.577. The number of fused-ring (bicyclic) bond motifs is 4. The number of ether oxygens (including phenoxy) is 2. The second-order valence-electron chi connectivity index (χ2n) is 9.36. The number of methoxy groups -OCH3 is 2. The van der Waals surface area contributed by atoms with E-state index in [1.165, 1.54) is 12.8 Å². The lowest BCUT2D eigenvalue weighted by molar-refractivity contribution is -0.125. The van der Waals surface area contributed by atoms with Gasteiger partial charge in [-0.05, 0) is 54.2 Å². The van der Waals surface area contributed by atoms with Crippen LogP contribution in [0.3, 0.4) is 0 Å². The van der Waals surface area contributed by atoms with E-state index in [-0.39, 0.29) is 23.9 Å². The van der Waals surface area contributed by atoms with Gasteiger partial charge < -0.3 is 19.7 Å². The summed E-state index contributed by atoms with van der Waals surface area (Å²) in [5.41, 5.74) is 3.53. The van der Waals surface area contributed by atoms with Crippen molar-refractivity contribution in [3.05, 3.63) is 58.7 Å². The van der Waals surface area contributed by atoms with Gasteiger partial charge in [0.2, 0.25) is 5.91 Å². The topological polar surface area (TPSA) is 67.9 Å². The molecule has 2 amide bonds. The first kappa shape index (κ1) is 21.8. The summed E-state index contributed by atoms with van der Waals surface area (Å²) in [7, 11) is 3.24. The van der Waals surface area contributed by atoms with E-state index in [1.54, 1.807) is 14.2 Å². The second-order valence-corrected chi connectivity index (χ2v) is 9.36. The van der Waals surface area contributed by atoms with Crippen LogP contribution in [0.1, 0.15) is 77.5 Å². The number of nitrogens with one attached hydrogen (secondary N) is 1. The zero-order chi connectivity index (χ0) is 22.9. The van der Waals surface area contributed by atoms with Gasteiger partial charge in [0.25, 0.3) is 5.91 Å². The largest absolute Gasteiger partial charge is 0.493 e. The molecule has 0 unspecified atom stereocenters. The van der Waals surface area contributed by atoms with Gasteiger partial charge in [0.1, 0.15) is 0 Å². The highest BCUT2D eigenvalue weighted by Gasteiger charge is 2.46. The molecule has 2 atom stereocenters. The molecule has 1 N–H and O–H groups in total. The highest BCUT2D eigenvalue weighted by atomic mass is 16.5. The minimum atomic E-state index is -0.459. The Bertz CT molecular complexity index is 1060. The first-order chi connectivity index (χ1) is 16.1. The van der Waals surface area contributed by atoms with Crippen molar-refractivity contribution < 1.29 is 19.1 Å². The minimum Gasteiger partial charge on any atom is -0.493 e. The minimum absolute atomic E-state index is 0.00505. The van der Waals surface area contributed by atoms with Crippen molar-refractivity contribution in [1.29, 1.82) is 0 Å². The number of carbonyl (C=O) groups excluding carboxylic acids is 2. The summed E-state index contributed by atoms with van der Waals surface area (Å²) < 4.78 is 11.1. The summed E-state index contributed by atoms with van der Waals surface area (Å²) in [5.74, 6) is 0.840. The van der Waals surface area contributed by atoms with Crippen LogP contribution in [0.2, 0.25) is 0 Å². The Morgan fingerprint density at radius 2 is 1.67 bits per heavy atom. The quantitative estimate of drug-likeness (QED) is 0.705. The highest BCUT2D eigenvalue weighted by Crippen LogP contribution is 2.48. The molecule has 0 radical (unpaired) electrons. The fraction of sp³-hybridized carbons (Fsp3) is 0.481. The average molecular weight is 449 g/mol. The van der Waals surface area contributed by atoms with E-state index in [2.05, 4.69) is 5.32 Å². The van der Waals surface area contributed by atoms with Crippen LogP contribution in [0, 0.1) is 0 Å². The third-order valence-corrected chi connectivity index (χ3v) is 7.51. The zero-order valence-corrected chi connectivity index (χ0v) is 19.4. The van der Waals surface area contributed by atoms with Gasteiger partial charge in [-0.2, -0.15) is 0 Å². The Morgan fingerprint density at radius 1 is 0.970 bits per heavy atom. The lowest BCUT2D eigenvalue weighted by Crippen LogP contribution is -2.51. The molecule has 0 spiro atoms. The van der Waals surface area contributed by atoms with Crippen molar-refractivity contribution in [2.45, 2.75) is 62.9 Å². The summed E-state index contributed by atoms with van der Waals surface area (Å²) in [6, 6.07) is 11.4. The highest BCUT2D eigenvalue weighted by molar-refractivity contribution is 6.01. The third-order valence-electron chi connectivity index (χ3n) is 7.51. The van der Waals surface area contributed by atoms with Gasteiger partial charge in [-0.15, -0.1) is 0 Å². The number of amides is 2. The Labute approximate surface area is 195 Å². The standard InChI is InChI=1S/C27H32N2O4/c1-32-22-15-17-13-14-29-25(21(17)16-23(22)33-2)24(19-11-7-8-12-20(19)27(29)31)26(30)28-18-9-5-3-4-6-10-18/h7-8,11-12,15-16,18,24-25H,3-6,9-10,13-14H2,1-2H3,(H,28,30)/t24-,25-/m0/s1. The number of benzene rings is 2. The molecule has 2 aliphatic heterocycles. The van der Waals surface area contributed by atoms with E-state index in [4.69, 9.17) is 9.47 Å². The Hall–Kier alpha value is -3.02. The summed E-state index contributed by atoms with van der Waals surface area (Å²) >= 11 is 0. The van der Waals surface area contributed by atoms with Gasteiger partial charge in [0.05, 0.1) is 26.2 Å². The first-order valence-corrected chi connectivity index (χ1v) is 12.1. The van der Waals surface area contributed by atoms with Crippen molar-refractivity contribution in [3.8, 4) is 11.5 Å². The predicted molar refractivity (Wildman–Crippen MR) is 126 cm³/mol. The van der Waals surface area contributed by atoms with Crippen molar-refractivity contribution in [2.75, 3.05) is 20.8 Å². The van der Waals surface area contributed by atoms with Crippen LogP contribution in [0.4, 0.5) is 0 Å². The maximum Gasteiger partial charge on any atom is 0.254 e. The maximum absolute atomic E-state index is 13.9. The van der Waals surface area contributed by atoms with Gasteiger partial charge >= 0.3 is 0 Å². The fourth-order valence-electron chi connectivity index (χ4n) is 5.85. The molecular formula is C27H32N2O4. The van der Waals surface area contributed by atoms with Crippen LogP contribution in [-0.4, -0.2) is 43.5 Å². The molecule has 6 nitrogen and oxygen atoms in total. The van der Waals surface area contributed by atoms with Crippen LogP contribution >= 0.6 is 0 Å². The fourth-order valence-corrected chi connectivity index (χ4v) is 5.85. The molecule has 174 valence electrons. The Balaban J connectivity index is 1.59. The number of hydrogen-bond acceptors (Lipinski definition) is 4. The molecule has 1 fully saturated rings. The number of hydrogen-bond donors (Lipinski definition) is 1. The van der Waals surface area contributed by atoms with Crippen LogP contribution < -0.4 is 14.8 Å². The molecular weight excluding hydrogens is 416 g/mol. The van der Waals surface area contributed by atoms with Gasteiger partial charge in [0.15, 0.2) is 11.5 Å². The van der Waals surface area contributed by atoms with Crippen molar-refractivity contribution in [3.63, 3.8) is 0 Å². The van der Waals surface area contributed by atoms with Crippen molar-refractivity contribution in [1.82, 2.24) is 10.2 Å². The SMILES string of the molecule is COc1cc2c(cc1OC)[C@H]1[C@@H](C(=O)NC3CCCCCC3)c3ccccc3C(=O)N1CC2. The summed E-state index contributed by atoms with van der Waals surface area (Å²) in [5, 5.41) is 3.37. The number of carbonyl (C=O) groups is 2. The molecule has 1 aliphatic carbocycles. The lowest BCUT2D eigenvalue weighted by Gasteiger charge is -2.45. The van der Waals surface area contributed by atoms with Crippen molar-refractivity contribution in [2.24, 2.45) is 0 Å². The van der Waals surface area contributed by atoms with Crippen molar-refractivity contribution >= 4 is 11.8 Å². The zero-order valence-electron chi connectivity index (χ0n) is 19.4. The Morgan fingerprint density at radius 3 is 2.39 bits per heavy atom. The molecule has 2 heterocycles. The van der Waals surface area contributed by atoms with E-state index >= 15 is 0 Å². The Kier molecular flexibility index (Phi) is 6.00. The normalized spacial score (nSPS) is 22.5. The number of nitrogens with zero attached hydrogens (tertiary/aromatic N) is 1. The van der Waals surface area contributed by atoms with Crippen LogP contribution in [0.5, 0.6) is 11.5 Å². The van der Waals surface area contributed by atoms with Gasteiger partial charge in [-0.25, -0.2) is 0 Å². The third kappa shape index (κ3) is 3.85. The average Bonchev–Trinajstić information content (AvgIpc) is 3.11.